The summed E-state index contributed by atoms with van der Waals surface area (Å²) in [4.78, 5) is 15.9. The number of halogens is 1. The number of nitrogens with zero attached hydrogens (tertiary/aromatic N) is 1. The first-order valence-electron chi connectivity index (χ1n) is 7.40. The third-order valence-corrected chi connectivity index (χ3v) is 4.21. The smallest absolute Gasteiger partial charge is 0.339 e. The molecule has 1 heterocycles. The van der Waals surface area contributed by atoms with Crippen molar-refractivity contribution in [1.29, 1.82) is 0 Å². The second-order valence-electron chi connectivity index (χ2n) is 5.10. The Balaban J connectivity index is 2.16. The molecule has 3 aromatic rings. The second-order valence-corrected chi connectivity index (χ2v) is 6.34. The van der Waals surface area contributed by atoms with Crippen LogP contribution in [0.3, 0.4) is 0 Å². The van der Waals surface area contributed by atoms with Gasteiger partial charge in [-0.15, -0.1) is 0 Å². The molecule has 0 saturated heterocycles. The van der Waals surface area contributed by atoms with Crippen LogP contribution in [0.5, 0.6) is 5.75 Å². The summed E-state index contributed by atoms with van der Waals surface area (Å²) >= 11 is 2.22. The van der Waals surface area contributed by atoms with Crippen LogP contribution < -0.4 is 10.1 Å². The molecule has 0 unspecified atom stereocenters. The Hall–Kier alpha value is -2.35. The van der Waals surface area contributed by atoms with Crippen molar-refractivity contribution in [3.05, 3.63) is 57.8 Å². The highest BCUT2D eigenvalue weighted by Gasteiger charge is 2.15. The molecule has 0 radical (unpaired) electrons. The van der Waals surface area contributed by atoms with E-state index in [0.717, 1.165) is 9.26 Å². The Labute approximate surface area is 152 Å². The highest BCUT2D eigenvalue weighted by atomic mass is 127. The fourth-order valence-electron chi connectivity index (χ4n) is 2.40. The third-order valence-electron chi connectivity index (χ3n) is 3.49. The number of ether oxygens (including phenoxy) is 1. The van der Waals surface area contributed by atoms with Gasteiger partial charge in [-0.1, -0.05) is 0 Å². The zero-order valence-corrected chi connectivity index (χ0v) is 15.1. The molecule has 122 valence electrons. The van der Waals surface area contributed by atoms with Gasteiger partial charge in [0.1, 0.15) is 11.3 Å². The topological polar surface area (TPSA) is 71.5 Å². The van der Waals surface area contributed by atoms with E-state index < -0.39 is 5.97 Å². The Bertz CT molecular complexity index is 895. The van der Waals surface area contributed by atoms with Crippen LogP contribution in [0, 0.1) is 3.57 Å². The van der Waals surface area contributed by atoms with Crippen LogP contribution in [0.1, 0.15) is 17.3 Å². The molecule has 0 bridgehead atoms. The molecule has 2 N–H and O–H groups in total. The lowest BCUT2D eigenvalue weighted by Gasteiger charge is -2.14. The number of pyridine rings is 1. The van der Waals surface area contributed by atoms with E-state index in [1.165, 1.54) is 6.20 Å². The molecule has 1 aromatic heterocycles. The molecule has 0 aliphatic rings. The largest absolute Gasteiger partial charge is 0.494 e. The average molecular weight is 434 g/mol. The molecule has 3 rings (SSSR count). The number of nitrogens with one attached hydrogen (secondary N) is 1. The number of fused-ring (bicyclic) bond motifs is 1. The van der Waals surface area contributed by atoms with Gasteiger partial charge in [0.15, 0.2) is 0 Å². The average Bonchev–Trinajstić information content (AvgIpc) is 2.57. The standard InChI is InChI=1S/C18H15IN2O3/c1-2-24-13-7-8-16-14(9-13)17(15(10-20-16)18(22)23)21-12-5-3-11(19)4-6-12/h3-10H,2H2,1H3,(H,20,21)(H,22,23). The van der Waals surface area contributed by atoms with Crippen LogP contribution >= 0.6 is 22.6 Å². The van der Waals surface area contributed by atoms with Crippen molar-refractivity contribution >= 4 is 50.8 Å². The fraction of sp³-hybridized carbons (Fsp3) is 0.111. The Morgan fingerprint density at radius 3 is 2.67 bits per heavy atom. The molecule has 0 spiro atoms. The molecule has 0 aliphatic heterocycles. The predicted molar refractivity (Wildman–Crippen MR) is 102 cm³/mol. The van der Waals surface area contributed by atoms with Crippen molar-refractivity contribution in [3.63, 3.8) is 0 Å². The summed E-state index contributed by atoms with van der Waals surface area (Å²) in [5.41, 5.74) is 2.15. The molecule has 0 amide bonds. The molecule has 0 atom stereocenters. The van der Waals surface area contributed by atoms with Gasteiger partial charge in [-0.05, 0) is 72.0 Å². The van der Waals surface area contributed by atoms with Crippen LogP contribution in [0.25, 0.3) is 10.9 Å². The predicted octanol–water partition coefficient (Wildman–Crippen LogP) is 4.68. The summed E-state index contributed by atoms with van der Waals surface area (Å²) in [5, 5.41) is 13.4. The third kappa shape index (κ3) is 3.43. The number of aromatic nitrogens is 1. The lowest BCUT2D eigenvalue weighted by Crippen LogP contribution is -2.05. The van der Waals surface area contributed by atoms with Gasteiger partial charge in [0, 0.05) is 20.8 Å². The number of anilines is 2. The first kappa shape index (κ1) is 16.5. The number of carboxylic acid groups (broad SMARTS) is 1. The highest BCUT2D eigenvalue weighted by molar-refractivity contribution is 14.1. The van der Waals surface area contributed by atoms with E-state index in [0.29, 0.717) is 28.9 Å². The second kappa shape index (κ2) is 7.04. The Morgan fingerprint density at radius 1 is 1.25 bits per heavy atom. The van der Waals surface area contributed by atoms with Gasteiger partial charge in [-0.2, -0.15) is 0 Å². The molecule has 6 heteroatoms. The van der Waals surface area contributed by atoms with Crippen molar-refractivity contribution in [2.75, 3.05) is 11.9 Å². The molecule has 0 saturated carbocycles. The molecule has 0 aliphatic carbocycles. The van der Waals surface area contributed by atoms with Crippen molar-refractivity contribution in [3.8, 4) is 5.75 Å². The van der Waals surface area contributed by atoms with Crippen LogP contribution in [-0.2, 0) is 0 Å². The quantitative estimate of drug-likeness (QED) is 0.571. The maximum Gasteiger partial charge on any atom is 0.339 e. The zero-order chi connectivity index (χ0) is 17.1. The summed E-state index contributed by atoms with van der Waals surface area (Å²) in [6.45, 7) is 2.44. The Kier molecular flexibility index (Phi) is 4.84. The monoisotopic (exact) mass is 434 g/mol. The number of carbonyl (C=O) groups is 1. The first-order chi connectivity index (χ1) is 11.6. The first-order valence-corrected chi connectivity index (χ1v) is 8.48. The maximum absolute atomic E-state index is 11.6. The number of hydrogen-bond acceptors (Lipinski definition) is 4. The van der Waals surface area contributed by atoms with Crippen LogP contribution in [0.4, 0.5) is 11.4 Å². The minimum Gasteiger partial charge on any atom is -0.494 e. The zero-order valence-electron chi connectivity index (χ0n) is 12.9. The molecular weight excluding hydrogens is 419 g/mol. The van der Waals surface area contributed by atoms with E-state index in [9.17, 15) is 9.90 Å². The number of benzene rings is 2. The highest BCUT2D eigenvalue weighted by Crippen LogP contribution is 2.32. The minimum atomic E-state index is -1.03. The Morgan fingerprint density at radius 2 is 2.00 bits per heavy atom. The van der Waals surface area contributed by atoms with Gasteiger partial charge >= 0.3 is 5.97 Å². The summed E-state index contributed by atoms with van der Waals surface area (Å²) in [6, 6.07) is 13.2. The maximum atomic E-state index is 11.6. The molecule has 24 heavy (non-hydrogen) atoms. The lowest BCUT2D eigenvalue weighted by atomic mass is 10.1. The lowest BCUT2D eigenvalue weighted by molar-refractivity contribution is 0.0697. The molecule has 2 aromatic carbocycles. The van der Waals surface area contributed by atoms with Gasteiger partial charge < -0.3 is 15.2 Å². The van der Waals surface area contributed by atoms with Gasteiger partial charge in [0.25, 0.3) is 0 Å². The van der Waals surface area contributed by atoms with E-state index in [4.69, 9.17) is 4.74 Å². The van der Waals surface area contributed by atoms with Gasteiger partial charge in [-0.25, -0.2) is 4.79 Å². The SMILES string of the molecule is CCOc1ccc2ncc(C(=O)O)c(Nc3ccc(I)cc3)c2c1. The van der Waals surface area contributed by atoms with Crippen LogP contribution in [-0.4, -0.2) is 22.7 Å². The van der Waals surface area contributed by atoms with Crippen molar-refractivity contribution in [1.82, 2.24) is 4.98 Å². The minimum absolute atomic E-state index is 0.120. The summed E-state index contributed by atoms with van der Waals surface area (Å²) in [5.74, 6) is -0.348. The van der Waals surface area contributed by atoms with Gasteiger partial charge in [-0.3, -0.25) is 4.98 Å². The van der Waals surface area contributed by atoms with Crippen LogP contribution in [0.2, 0.25) is 0 Å². The van der Waals surface area contributed by atoms with Crippen molar-refractivity contribution < 1.29 is 14.6 Å². The van der Waals surface area contributed by atoms with Crippen molar-refractivity contribution in [2.24, 2.45) is 0 Å². The van der Waals surface area contributed by atoms with Crippen LogP contribution in [0.15, 0.2) is 48.7 Å². The summed E-state index contributed by atoms with van der Waals surface area (Å²) < 4.78 is 6.64. The van der Waals surface area contributed by atoms with E-state index in [2.05, 4.69) is 32.9 Å². The van der Waals surface area contributed by atoms with E-state index in [1.54, 1.807) is 0 Å². The molecular formula is C18H15IN2O3. The number of aromatic carboxylic acids is 1. The molecule has 5 nitrogen and oxygen atoms in total. The van der Waals surface area contributed by atoms with Gasteiger partial charge in [0.05, 0.1) is 17.8 Å². The number of rotatable bonds is 5. The number of carboxylic acids is 1. The van der Waals surface area contributed by atoms with E-state index in [1.807, 2.05) is 49.4 Å². The number of hydrogen-bond donors (Lipinski definition) is 2. The van der Waals surface area contributed by atoms with Crippen molar-refractivity contribution in [2.45, 2.75) is 6.92 Å². The summed E-state index contributed by atoms with van der Waals surface area (Å²) in [6.07, 6.45) is 1.38. The summed E-state index contributed by atoms with van der Waals surface area (Å²) in [7, 11) is 0. The normalized spacial score (nSPS) is 10.6. The molecule has 0 fully saturated rings. The van der Waals surface area contributed by atoms with Gasteiger partial charge in [0.2, 0.25) is 0 Å². The van der Waals surface area contributed by atoms with E-state index in [-0.39, 0.29) is 5.56 Å². The van der Waals surface area contributed by atoms with E-state index >= 15 is 0 Å². The fourth-order valence-corrected chi connectivity index (χ4v) is 2.76.